The SMILES string of the molecule is COC(=O)/C=C/c1ccc2c(c1)C1(C(=O)N2Cc2ccc(OC)cc2)[C@H](C(=O)/C=C/c2ccc(F)cc2)[C@@H](c2ccc(F)cc2)[C@@H]2CSCN21. The minimum absolute atomic E-state index is 0.217. The second-order valence-corrected chi connectivity index (χ2v) is 13.5. The molecule has 4 aromatic carbocycles. The van der Waals surface area contributed by atoms with Gasteiger partial charge in [0.15, 0.2) is 5.78 Å². The van der Waals surface area contributed by atoms with Crippen LogP contribution in [0.4, 0.5) is 14.5 Å². The molecular formula is C40H34F2N2O5S. The summed E-state index contributed by atoms with van der Waals surface area (Å²) in [5, 5.41) is 0. The summed E-state index contributed by atoms with van der Waals surface area (Å²) in [7, 11) is 2.89. The van der Waals surface area contributed by atoms with Crippen LogP contribution in [0.2, 0.25) is 0 Å². The van der Waals surface area contributed by atoms with Crippen LogP contribution < -0.4 is 9.64 Å². The quantitative estimate of drug-likeness (QED) is 0.139. The van der Waals surface area contributed by atoms with Crippen LogP contribution in [-0.4, -0.2) is 54.5 Å². The predicted octanol–water partition coefficient (Wildman–Crippen LogP) is 6.97. The van der Waals surface area contributed by atoms with Crippen molar-refractivity contribution in [2.24, 2.45) is 5.92 Å². The first kappa shape index (κ1) is 33.4. The van der Waals surface area contributed by atoms with Crippen LogP contribution in [0.5, 0.6) is 5.75 Å². The molecule has 0 aliphatic carbocycles. The van der Waals surface area contributed by atoms with Crippen molar-refractivity contribution in [1.82, 2.24) is 4.90 Å². The van der Waals surface area contributed by atoms with Crippen LogP contribution in [0.3, 0.4) is 0 Å². The van der Waals surface area contributed by atoms with Crippen LogP contribution in [0, 0.1) is 17.6 Å². The molecule has 4 aromatic rings. The number of allylic oxidation sites excluding steroid dienone is 1. The molecule has 2 saturated heterocycles. The van der Waals surface area contributed by atoms with Gasteiger partial charge in [0, 0.05) is 40.9 Å². The second-order valence-electron chi connectivity index (χ2n) is 12.5. The number of halogens is 2. The zero-order valence-corrected chi connectivity index (χ0v) is 28.2. The molecule has 1 spiro atoms. The van der Waals surface area contributed by atoms with Gasteiger partial charge in [0.05, 0.1) is 26.7 Å². The van der Waals surface area contributed by atoms with Crippen LogP contribution in [-0.2, 0) is 31.2 Å². The molecule has 254 valence electrons. The molecule has 1 unspecified atom stereocenters. The number of nitrogens with zero attached hydrogens (tertiary/aromatic N) is 2. The van der Waals surface area contributed by atoms with Gasteiger partial charge in [-0.1, -0.05) is 48.5 Å². The van der Waals surface area contributed by atoms with E-state index in [1.54, 1.807) is 60.2 Å². The third-order valence-corrected chi connectivity index (χ3v) is 10.9. The van der Waals surface area contributed by atoms with Gasteiger partial charge in [-0.15, -0.1) is 11.8 Å². The Bertz CT molecular complexity index is 2000. The molecule has 4 atom stereocenters. The summed E-state index contributed by atoms with van der Waals surface area (Å²) >= 11 is 1.69. The maximum atomic E-state index is 15.4. The van der Waals surface area contributed by atoms with Gasteiger partial charge in [0.25, 0.3) is 5.91 Å². The maximum absolute atomic E-state index is 15.4. The van der Waals surface area contributed by atoms with E-state index in [4.69, 9.17) is 9.47 Å². The number of anilines is 1. The first-order valence-corrected chi connectivity index (χ1v) is 17.3. The summed E-state index contributed by atoms with van der Waals surface area (Å²) in [6.07, 6.45) is 6.06. The topological polar surface area (TPSA) is 76.1 Å². The number of ether oxygens (including phenoxy) is 2. The van der Waals surface area contributed by atoms with E-state index in [1.807, 2.05) is 42.5 Å². The van der Waals surface area contributed by atoms with Crippen molar-refractivity contribution in [3.8, 4) is 5.75 Å². The first-order valence-electron chi connectivity index (χ1n) is 16.2. The van der Waals surface area contributed by atoms with Crippen molar-refractivity contribution in [2.75, 3.05) is 30.7 Å². The van der Waals surface area contributed by atoms with E-state index in [-0.39, 0.29) is 30.1 Å². The predicted molar refractivity (Wildman–Crippen MR) is 189 cm³/mol. The average molecular weight is 693 g/mol. The van der Waals surface area contributed by atoms with Crippen molar-refractivity contribution in [3.05, 3.63) is 143 Å². The summed E-state index contributed by atoms with van der Waals surface area (Å²) in [6, 6.07) is 24.9. The number of carbonyl (C=O) groups is 3. The summed E-state index contributed by atoms with van der Waals surface area (Å²) in [5.74, 6) is -1.32. The molecule has 3 aliphatic heterocycles. The molecule has 10 heteroatoms. The van der Waals surface area contributed by atoms with Crippen LogP contribution in [0.25, 0.3) is 12.2 Å². The Kier molecular flexibility index (Phi) is 9.15. The molecule has 50 heavy (non-hydrogen) atoms. The van der Waals surface area contributed by atoms with Gasteiger partial charge in [0.1, 0.15) is 22.9 Å². The van der Waals surface area contributed by atoms with Gasteiger partial charge >= 0.3 is 5.97 Å². The van der Waals surface area contributed by atoms with Crippen LogP contribution in [0.15, 0.2) is 103 Å². The average Bonchev–Trinajstić information content (AvgIpc) is 3.79. The van der Waals surface area contributed by atoms with E-state index in [9.17, 15) is 18.4 Å². The fourth-order valence-corrected chi connectivity index (χ4v) is 8.95. The highest BCUT2D eigenvalue weighted by Crippen LogP contribution is 2.62. The van der Waals surface area contributed by atoms with Crippen molar-refractivity contribution in [2.45, 2.75) is 24.0 Å². The van der Waals surface area contributed by atoms with Gasteiger partial charge in [-0.3, -0.25) is 14.5 Å². The lowest BCUT2D eigenvalue weighted by Gasteiger charge is -2.37. The van der Waals surface area contributed by atoms with E-state index in [2.05, 4.69) is 4.90 Å². The van der Waals surface area contributed by atoms with Gasteiger partial charge in [-0.25, -0.2) is 13.6 Å². The number of ketones is 1. The van der Waals surface area contributed by atoms with Crippen molar-refractivity contribution in [1.29, 1.82) is 0 Å². The number of thioether (sulfide) groups is 1. The van der Waals surface area contributed by atoms with Crippen molar-refractivity contribution in [3.63, 3.8) is 0 Å². The Labute approximate surface area is 293 Å². The van der Waals surface area contributed by atoms with Gasteiger partial charge in [-0.2, -0.15) is 0 Å². The number of amides is 1. The zero-order valence-electron chi connectivity index (χ0n) is 27.4. The molecule has 7 nitrogen and oxygen atoms in total. The molecule has 3 heterocycles. The third-order valence-electron chi connectivity index (χ3n) is 9.87. The monoisotopic (exact) mass is 692 g/mol. The van der Waals surface area contributed by atoms with Gasteiger partial charge in [-0.05, 0) is 82.9 Å². The molecule has 0 radical (unpaired) electrons. The standard InChI is InChI=1S/C40H34F2N2O5S/c1-48-31-16-5-27(6-17-31)22-43-33-18-7-26(9-20-36(46)49-2)21-32(33)40(39(43)47)38(35(45)19-8-25-3-12-29(41)13-4-25)37(34-23-50-24-44(34)40)28-10-14-30(42)15-11-28/h3-21,34,37-38H,22-24H2,1-2H3/b19-8+,20-9+/t34-,37-,38+,40?/m0/s1. The van der Waals surface area contributed by atoms with E-state index in [0.29, 0.717) is 39.8 Å². The molecule has 0 bridgehead atoms. The fourth-order valence-electron chi connectivity index (χ4n) is 7.63. The Morgan fingerprint density at radius 3 is 2.22 bits per heavy atom. The highest BCUT2D eigenvalue weighted by Gasteiger charge is 2.70. The van der Waals surface area contributed by atoms with Crippen LogP contribution in [0.1, 0.15) is 33.7 Å². The molecule has 0 saturated carbocycles. The smallest absolute Gasteiger partial charge is 0.330 e. The summed E-state index contributed by atoms with van der Waals surface area (Å²) in [4.78, 5) is 46.2. The molecule has 1 amide bonds. The van der Waals surface area contributed by atoms with Gasteiger partial charge in [0.2, 0.25) is 0 Å². The summed E-state index contributed by atoms with van der Waals surface area (Å²) in [5.41, 5.74) is 2.83. The van der Waals surface area contributed by atoms with Crippen LogP contribution >= 0.6 is 11.8 Å². The van der Waals surface area contributed by atoms with E-state index < -0.39 is 29.2 Å². The Hall–Kier alpha value is -5.06. The Balaban J connectivity index is 1.42. The van der Waals surface area contributed by atoms with E-state index in [0.717, 1.165) is 11.1 Å². The number of methoxy groups -OCH3 is 2. The Morgan fingerprint density at radius 1 is 0.880 bits per heavy atom. The summed E-state index contributed by atoms with van der Waals surface area (Å²) < 4.78 is 38.1. The minimum Gasteiger partial charge on any atom is -0.497 e. The lowest BCUT2D eigenvalue weighted by molar-refractivity contribution is -0.136. The molecule has 3 aliphatic rings. The van der Waals surface area contributed by atoms with Crippen molar-refractivity contribution >= 4 is 47.3 Å². The second kappa shape index (κ2) is 13.7. The summed E-state index contributed by atoms with van der Waals surface area (Å²) in [6.45, 7) is 0.244. The van der Waals surface area contributed by atoms with Crippen molar-refractivity contribution < 1.29 is 32.6 Å². The third kappa shape index (κ3) is 5.82. The normalized spacial score (nSPS) is 22.8. The molecule has 0 N–H and O–H groups in total. The number of hydrogen-bond acceptors (Lipinski definition) is 7. The zero-order chi connectivity index (χ0) is 35.0. The molecular weight excluding hydrogens is 659 g/mol. The fraction of sp³-hybridized carbons (Fsp3) is 0.225. The molecule has 7 rings (SSSR count). The number of esters is 1. The number of rotatable bonds is 9. The highest BCUT2D eigenvalue weighted by molar-refractivity contribution is 7.99. The molecule has 0 aromatic heterocycles. The highest BCUT2D eigenvalue weighted by atomic mass is 32.2. The minimum atomic E-state index is -1.42. The largest absolute Gasteiger partial charge is 0.497 e. The van der Waals surface area contributed by atoms with Gasteiger partial charge < -0.3 is 14.4 Å². The van der Waals surface area contributed by atoms with E-state index >= 15 is 4.79 Å². The lowest BCUT2D eigenvalue weighted by Crippen LogP contribution is -2.54. The number of hydrogen-bond donors (Lipinski definition) is 0. The number of benzene rings is 4. The van der Waals surface area contributed by atoms with E-state index in [1.165, 1.54) is 43.5 Å². The number of fused-ring (bicyclic) bond motifs is 4. The lowest BCUT2D eigenvalue weighted by atomic mass is 9.70. The first-order chi connectivity index (χ1) is 24.2. The maximum Gasteiger partial charge on any atom is 0.330 e. The number of carbonyl (C=O) groups excluding carboxylic acids is 3. The molecule has 2 fully saturated rings. The Morgan fingerprint density at radius 2 is 1.54 bits per heavy atom.